The maximum atomic E-state index is 3.81. The van der Waals surface area contributed by atoms with Crippen LogP contribution in [0.4, 0.5) is 0 Å². The first-order valence-corrected chi connectivity index (χ1v) is 2.72. The average Bonchev–Trinajstić information content (AvgIpc) is 2.33. The van der Waals surface area contributed by atoms with E-state index in [2.05, 4.69) is 15.4 Å². The number of hydrogen-bond acceptors (Lipinski definition) is 2. The summed E-state index contributed by atoms with van der Waals surface area (Å²) in [7, 11) is 0. The monoisotopic (exact) mass is 261 g/mol. The van der Waals surface area contributed by atoms with Gasteiger partial charge in [0.25, 0.3) is 0 Å². The van der Waals surface area contributed by atoms with Gasteiger partial charge in [-0.1, -0.05) is 17.3 Å². The second-order valence-electron chi connectivity index (χ2n) is 1.83. The van der Waals surface area contributed by atoms with Crippen molar-refractivity contribution in [2.75, 3.05) is 0 Å². The number of nitrogens with zero attached hydrogens (tertiary/aromatic N) is 2. The number of halogens is 1. The van der Waals surface area contributed by atoms with E-state index in [1.807, 2.05) is 24.3 Å². The predicted octanol–water partition coefficient (Wildman–Crippen LogP) is -2.04. The molecule has 1 aromatic carbocycles. The van der Waals surface area contributed by atoms with E-state index in [0.717, 1.165) is 11.0 Å². The first kappa shape index (κ1) is 10.7. The first-order valence-electron chi connectivity index (χ1n) is 2.72. The average molecular weight is 262 g/mol. The molecule has 0 radical (unpaired) electrons. The van der Waals surface area contributed by atoms with Crippen LogP contribution in [0.25, 0.3) is 11.0 Å². The van der Waals surface area contributed by atoms with Gasteiger partial charge in [-0.3, -0.25) is 5.10 Å². The Morgan fingerprint density at radius 1 is 1.18 bits per heavy atom. The zero-order valence-electron chi connectivity index (χ0n) is 5.38. The molecule has 5 heteroatoms. The van der Waals surface area contributed by atoms with Crippen molar-refractivity contribution in [2.24, 2.45) is 0 Å². The van der Waals surface area contributed by atoms with Crippen molar-refractivity contribution in [1.29, 1.82) is 0 Å². The van der Waals surface area contributed by atoms with E-state index in [-0.39, 0.29) is 34.8 Å². The first-order chi connectivity index (χ1) is 4.47. The Kier molecular flexibility index (Phi) is 4.37. The van der Waals surface area contributed by atoms with Crippen molar-refractivity contribution in [3.8, 4) is 0 Å². The van der Waals surface area contributed by atoms with Crippen LogP contribution in [0, 0.1) is 0 Å². The molecule has 0 atom stereocenters. The molecule has 11 heavy (non-hydrogen) atoms. The minimum absolute atomic E-state index is 0. The smallest absolute Gasteiger partial charge is 1.00 e. The molecule has 0 saturated carbocycles. The van der Waals surface area contributed by atoms with Crippen LogP contribution in [0.1, 0.15) is 0 Å². The summed E-state index contributed by atoms with van der Waals surface area (Å²) in [6.07, 6.45) is 0. The quantitative estimate of drug-likeness (QED) is 0.556. The minimum Gasteiger partial charge on any atom is -1.00 e. The van der Waals surface area contributed by atoms with Crippen molar-refractivity contribution in [2.45, 2.75) is 0 Å². The molecule has 1 N–H and O–H groups in total. The summed E-state index contributed by atoms with van der Waals surface area (Å²) in [5.74, 6) is 0. The van der Waals surface area contributed by atoms with Crippen LogP contribution in [0.3, 0.4) is 0 Å². The summed E-state index contributed by atoms with van der Waals surface area (Å²) in [6.45, 7) is 0. The van der Waals surface area contributed by atoms with Crippen LogP contribution < -0.4 is 12.4 Å². The predicted molar refractivity (Wildman–Crippen MR) is 33.9 cm³/mol. The van der Waals surface area contributed by atoms with E-state index in [9.17, 15) is 0 Å². The molecule has 1 aromatic heterocycles. The Labute approximate surface area is 85.5 Å². The van der Waals surface area contributed by atoms with Crippen molar-refractivity contribution in [1.82, 2.24) is 15.4 Å². The molecule has 0 aliphatic heterocycles. The van der Waals surface area contributed by atoms with Gasteiger partial charge < -0.3 is 12.4 Å². The van der Waals surface area contributed by atoms with E-state index >= 15 is 0 Å². The molecule has 0 aliphatic carbocycles. The molecule has 0 amide bonds. The van der Waals surface area contributed by atoms with Gasteiger partial charge in [0.1, 0.15) is 5.52 Å². The number of para-hydroxylation sites is 1. The summed E-state index contributed by atoms with van der Waals surface area (Å²) < 4.78 is 0. The van der Waals surface area contributed by atoms with Gasteiger partial charge >= 0.3 is 22.4 Å². The van der Waals surface area contributed by atoms with Gasteiger partial charge in [-0.2, -0.15) is 0 Å². The third-order valence-corrected chi connectivity index (χ3v) is 1.23. The van der Waals surface area contributed by atoms with E-state index in [1.54, 1.807) is 0 Å². The van der Waals surface area contributed by atoms with Gasteiger partial charge in [0, 0.05) is 0 Å². The molecular formula is C6H5AgClN3. The van der Waals surface area contributed by atoms with E-state index in [1.165, 1.54) is 0 Å². The molecule has 1 heterocycles. The molecule has 0 aliphatic rings. The third-order valence-electron chi connectivity index (χ3n) is 1.23. The van der Waals surface area contributed by atoms with Gasteiger partial charge in [0.05, 0.1) is 5.52 Å². The Bertz CT molecular complexity index is 292. The number of aromatic nitrogens is 3. The Hall–Kier alpha value is -0.350. The molecule has 3 nitrogen and oxygen atoms in total. The van der Waals surface area contributed by atoms with E-state index < -0.39 is 0 Å². The van der Waals surface area contributed by atoms with Crippen LogP contribution >= 0.6 is 0 Å². The normalized spacial score (nSPS) is 8.36. The number of H-pyrrole nitrogens is 1. The van der Waals surface area contributed by atoms with Crippen LogP contribution in [-0.2, 0) is 22.4 Å². The Morgan fingerprint density at radius 3 is 2.64 bits per heavy atom. The van der Waals surface area contributed by atoms with Crippen molar-refractivity contribution in [3.63, 3.8) is 0 Å². The van der Waals surface area contributed by atoms with Crippen LogP contribution in [0.5, 0.6) is 0 Å². The molecule has 0 bridgehead atoms. The molecule has 0 spiro atoms. The minimum atomic E-state index is 0. The largest absolute Gasteiger partial charge is 1.00 e. The van der Waals surface area contributed by atoms with Gasteiger partial charge in [0.2, 0.25) is 0 Å². The van der Waals surface area contributed by atoms with Gasteiger partial charge in [-0.05, 0) is 12.1 Å². The van der Waals surface area contributed by atoms with E-state index in [0.29, 0.717) is 0 Å². The second kappa shape index (κ2) is 4.51. The van der Waals surface area contributed by atoms with Crippen molar-refractivity contribution >= 4 is 11.0 Å². The second-order valence-corrected chi connectivity index (χ2v) is 1.83. The maximum absolute atomic E-state index is 3.81. The fourth-order valence-electron chi connectivity index (χ4n) is 0.788. The van der Waals surface area contributed by atoms with E-state index in [4.69, 9.17) is 0 Å². The number of fused-ring (bicyclic) bond motifs is 1. The standard InChI is InChI=1S/C6H5N3.Ag.ClH/c1-2-4-6-5(3-1)7-9-8-6;;/h1-4H,(H,7,8,9);;1H/q;+1;/p-1. The molecule has 0 saturated heterocycles. The third kappa shape index (κ3) is 2.04. The summed E-state index contributed by atoms with van der Waals surface area (Å²) in [6, 6.07) is 7.74. The molecule has 0 fully saturated rings. The summed E-state index contributed by atoms with van der Waals surface area (Å²) >= 11 is 0. The Balaban J connectivity index is 0.000000500. The SMILES string of the molecule is [Ag+].[Cl-].c1ccc2[nH]nnc2c1. The number of benzene rings is 1. The Morgan fingerprint density at radius 2 is 1.91 bits per heavy atom. The van der Waals surface area contributed by atoms with Gasteiger partial charge in [0.15, 0.2) is 0 Å². The number of rotatable bonds is 0. The van der Waals surface area contributed by atoms with Crippen LogP contribution in [0.2, 0.25) is 0 Å². The van der Waals surface area contributed by atoms with Crippen LogP contribution in [-0.4, -0.2) is 15.4 Å². The number of aromatic amines is 1. The fourth-order valence-corrected chi connectivity index (χ4v) is 0.788. The van der Waals surface area contributed by atoms with Gasteiger partial charge in [-0.25, -0.2) is 0 Å². The maximum Gasteiger partial charge on any atom is 1.00 e. The molecular weight excluding hydrogens is 257 g/mol. The summed E-state index contributed by atoms with van der Waals surface area (Å²) in [5, 5.41) is 10.2. The zero-order chi connectivity index (χ0) is 6.10. The topological polar surface area (TPSA) is 41.6 Å². The van der Waals surface area contributed by atoms with Crippen LogP contribution in [0.15, 0.2) is 24.3 Å². The van der Waals surface area contributed by atoms with Crippen molar-refractivity contribution in [3.05, 3.63) is 24.3 Å². The molecule has 2 aromatic rings. The zero-order valence-corrected chi connectivity index (χ0v) is 7.62. The summed E-state index contributed by atoms with van der Waals surface area (Å²) in [4.78, 5) is 0. The molecule has 0 unspecified atom stereocenters. The van der Waals surface area contributed by atoms with Crippen molar-refractivity contribution < 1.29 is 34.8 Å². The fraction of sp³-hybridized carbons (Fsp3) is 0. The molecule has 2 rings (SSSR count). The summed E-state index contributed by atoms with van der Waals surface area (Å²) in [5.41, 5.74) is 1.90. The number of hydrogen-bond donors (Lipinski definition) is 1. The molecule has 62 valence electrons. The number of nitrogens with one attached hydrogen (secondary N) is 1. The van der Waals surface area contributed by atoms with Gasteiger partial charge in [-0.15, -0.1) is 5.10 Å².